The monoisotopic (exact) mass is 278 g/mol. The van der Waals surface area contributed by atoms with E-state index in [1.165, 1.54) is 17.7 Å². The largest absolute Gasteiger partial charge is 0.342 e. The quantitative estimate of drug-likeness (QED) is 0.900. The van der Waals surface area contributed by atoms with Gasteiger partial charge in [-0.1, -0.05) is 6.07 Å². The summed E-state index contributed by atoms with van der Waals surface area (Å²) in [5.74, 6) is 1.91. The number of likely N-dealkylation sites (tertiary alicyclic amines) is 1. The molecule has 3 atom stereocenters. The lowest BCUT2D eigenvalue weighted by molar-refractivity contribution is -0.132. The van der Waals surface area contributed by atoms with Crippen LogP contribution >= 0.6 is 11.3 Å². The maximum absolute atomic E-state index is 12.6. The van der Waals surface area contributed by atoms with Crippen LogP contribution < -0.4 is 5.32 Å². The van der Waals surface area contributed by atoms with Gasteiger partial charge in [-0.2, -0.15) is 0 Å². The van der Waals surface area contributed by atoms with Crippen LogP contribution in [-0.2, 0) is 4.79 Å². The first-order chi connectivity index (χ1) is 9.25. The molecule has 0 aliphatic carbocycles. The molecule has 4 heteroatoms. The Bertz CT molecular complexity index is 417. The number of hydrogen-bond acceptors (Lipinski definition) is 3. The summed E-state index contributed by atoms with van der Waals surface area (Å²) in [6, 6.07) is 4.10. The van der Waals surface area contributed by atoms with E-state index in [4.69, 9.17) is 0 Å². The molecule has 3 rings (SSSR count). The van der Waals surface area contributed by atoms with Crippen molar-refractivity contribution in [3.05, 3.63) is 22.4 Å². The fourth-order valence-electron chi connectivity index (χ4n) is 3.37. The first kappa shape index (κ1) is 13.1. The summed E-state index contributed by atoms with van der Waals surface area (Å²) >= 11 is 1.69. The fraction of sp³-hybridized carbons (Fsp3) is 0.667. The zero-order valence-electron chi connectivity index (χ0n) is 11.5. The lowest BCUT2D eigenvalue weighted by Gasteiger charge is -2.24. The van der Waals surface area contributed by atoms with E-state index < -0.39 is 0 Å². The van der Waals surface area contributed by atoms with E-state index in [0.717, 1.165) is 38.0 Å². The van der Waals surface area contributed by atoms with Gasteiger partial charge in [-0.3, -0.25) is 4.79 Å². The number of thiophene rings is 1. The van der Waals surface area contributed by atoms with Crippen LogP contribution in [0.25, 0.3) is 0 Å². The Hall–Kier alpha value is -0.870. The second kappa shape index (κ2) is 5.63. The van der Waals surface area contributed by atoms with Crippen molar-refractivity contribution in [3.8, 4) is 0 Å². The Morgan fingerprint density at radius 2 is 2.05 bits per heavy atom. The van der Waals surface area contributed by atoms with Gasteiger partial charge in [0.1, 0.15) is 0 Å². The molecule has 1 unspecified atom stereocenters. The van der Waals surface area contributed by atoms with Crippen molar-refractivity contribution < 1.29 is 4.79 Å². The second-order valence-electron chi connectivity index (χ2n) is 5.82. The molecule has 1 aromatic heterocycles. The van der Waals surface area contributed by atoms with Gasteiger partial charge in [-0.05, 0) is 56.1 Å². The molecule has 19 heavy (non-hydrogen) atoms. The molecule has 0 spiro atoms. The third-order valence-corrected chi connectivity index (χ3v) is 5.73. The lowest BCUT2D eigenvalue weighted by Crippen LogP contribution is -2.35. The van der Waals surface area contributed by atoms with Crippen LogP contribution in [0.15, 0.2) is 17.5 Å². The van der Waals surface area contributed by atoms with Crippen molar-refractivity contribution >= 4 is 17.2 Å². The fourth-order valence-corrected chi connectivity index (χ4v) is 4.15. The standard InChI is InChI=1S/C15H22N2OS/c1-11(14-3-2-8-19-14)15(18)17-6-4-12-9-16-10-13(12)5-7-17/h2-3,8,11-13,16H,4-7,9-10H2,1H3/t11?,12-,13+. The highest BCUT2D eigenvalue weighted by atomic mass is 32.1. The van der Waals surface area contributed by atoms with Crippen molar-refractivity contribution in [2.24, 2.45) is 11.8 Å². The molecular formula is C15H22N2OS. The number of rotatable bonds is 2. The Kier molecular flexibility index (Phi) is 3.89. The zero-order chi connectivity index (χ0) is 13.2. The molecule has 3 heterocycles. The van der Waals surface area contributed by atoms with Gasteiger partial charge in [-0.15, -0.1) is 11.3 Å². The number of amides is 1. The molecule has 2 saturated heterocycles. The Morgan fingerprint density at radius 1 is 1.37 bits per heavy atom. The van der Waals surface area contributed by atoms with Gasteiger partial charge in [0.05, 0.1) is 5.92 Å². The molecule has 1 amide bonds. The van der Waals surface area contributed by atoms with Gasteiger partial charge in [-0.25, -0.2) is 0 Å². The topological polar surface area (TPSA) is 32.3 Å². The summed E-state index contributed by atoms with van der Waals surface area (Å²) in [6.45, 7) is 6.22. The summed E-state index contributed by atoms with van der Waals surface area (Å²) in [7, 11) is 0. The first-order valence-electron chi connectivity index (χ1n) is 7.28. The molecule has 0 aromatic carbocycles. The number of carbonyl (C=O) groups excluding carboxylic acids is 1. The van der Waals surface area contributed by atoms with Gasteiger partial charge in [0, 0.05) is 18.0 Å². The molecule has 0 radical (unpaired) electrons. The third kappa shape index (κ3) is 2.70. The van der Waals surface area contributed by atoms with Crippen LogP contribution in [0.1, 0.15) is 30.6 Å². The average molecular weight is 278 g/mol. The van der Waals surface area contributed by atoms with Crippen molar-refractivity contribution in [1.29, 1.82) is 0 Å². The number of nitrogens with zero attached hydrogens (tertiary/aromatic N) is 1. The predicted octanol–water partition coefficient (Wildman–Crippen LogP) is 2.31. The van der Waals surface area contributed by atoms with Crippen LogP contribution in [0.3, 0.4) is 0 Å². The molecule has 2 fully saturated rings. The van der Waals surface area contributed by atoms with Crippen LogP contribution in [0.5, 0.6) is 0 Å². The van der Waals surface area contributed by atoms with E-state index in [1.807, 2.05) is 13.0 Å². The molecule has 104 valence electrons. The summed E-state index contributed by atoms with van der Waals surface area (Å²) in [5.41, 5.74) is 0. The normalized spacial score (nSPS) is 28.8. The highest BCUT2D eigenvalue weighted by molar-refractivity contribution is 7.10. The van der Waals surface area contributed by atoms with Gasteiger partial charge in [0.15, 0.2) is 0 Å². The summed E-state index contributed by atoms with van der Waals surface area (Å²) in [5, 5.41) is 5.53. The molecule has 3 nitrogen and oxygen atoms in total. The molecule has 2 aliphatic heterocycles. The minimum absolute atomic E-state index is 0.0241. The maximum atomic E-state index is 12.6. The van der Waals surface area contributed by atoms with Crippen molar-refractivity contribution in [2.75, 3.05) is 26.2 Å². The summed E-state index contributed by atoms with van der Waals surface area (Å²) in [6.07, 6.45) is 2.33. The van der Waals surface area contributed by atoms with Crippen LogP contribution in [0.4, 0.5) is 0 Å². The van der Waals surface area contributed by atoms with Crippen LogP contribution in [-0.4, -0.2) is 37.0 Å². The highest BCUT2D eigenvalue weighted by Gasteiger charge is 2.32. The van der Waals surface area contributed by atoms with E-state index in [2.05, 4.69) is 21.7 Å². The predicted molar refractivity (Wildman–Crippen MR) is 78.4 cm³/mol. The molecule has 2 aliphatic rings. The number of nitrogens with one attached hydrogen (secondary N) is 1. The van der Waals surface area contributed by atoms with Crippen LogP contribution in [0, 0.1) is 11.8 Å². The van der Waals surface area contributed by atoms with Gasteiger partial charge < -0.3 is 10.2 Å². The van der Waals surface area contributed by atoms with E-state index in [9.17, 15) is 4.79 Å². The van der Waals surface area contributed by atoms with Gasteiger partial charge in [0.2, 0.25) is 5.91 Å². The number of hydrogen-bond donors (Lipinski definition) is 1. The highest BCUT2D eigenvalue weighted by Crippen LogP contribution is 2.29. The number of fused-ring (bicyclic) bond motifs is 1. The SMILES string of the molecule is CC(C(=O)N1CC[C@@H]2CNC[C@@H]2CC1)c1cccs1. The molecule has 0 bridgehead atoms. The van der Waals surface area contributed by atoms with Gasteiger partial charge in [0.25, 0.3) is 0 Å². The summed E-state index contributed by atoms with van der Waals surface area (Å²) in [4.78, 5) is 15.9. The van der Waals surface area contributed by atoms with E-state index in [-0.39, 0.29) is 5.92 Å². The van der Waals surface area contributed by atoms with E-state index in [1.54, 1.807) is 11.3 Å². The Balaban J connectivity index is 1.64. The summed E-state index contributed by atoms with van der Waals surface area (Å²) < 4.78 is 0. The van der Waals surface area contributed by atoms with E-state index in [0.29, 0.717) is 5.91 Å². The molecule has 1 aromatic rings. The van der Waals surface area contributed by atoms with Crippen LogP contribution in [0.2, 0.25) is 0 Å². The second-order valence-corrected chi connectivity index (χ2v) is 6.80. The van der Waals surface area contributed by atoms with Crippen molar-refractivity contribution in [1.82, 2.24) is 10.2 Å². The minimum Gasteiger partial charge on any atom is -0.342 e. The van der Waals surface area contributed by atoms with E-state index >= 15 is 0 Å². The smallest absolute Gasteiger partial charge is 0.230 e. The Morgan fingerprint density at radius 3 is 2.63 bits per heavy atom. The molecule has 0 saturated carbocycles. The molecule has 1 N–H and O–H groups in total. The first-order valence-corrected chi connectivity index (χ1v) is 8.16. The zero-order valence-corrected chi connectivity index (χ0v) is 12.3. The van der Waals surface area contributed by atoms with Crippen molar-refractivity contribution in [2.45, 2.75) is 25.7 Å². The molecular weight excluding hydrogens is 256 g/mol. The minimum atomic E-state index is 0.0241. The number of carbonyl (C=O) groups is 1. The maximum Gasteiger partial charge on any atom is 0.230 e. The third-order valence-electron chi connectivity index (χ3n) is 4.67. The van der Waals surface area contributed by atoms with Gasteiger partial charge >= 0.3 is 0 Å². The Labute approximate surface area is 119 Å². The lowest BCUT2D eigenvalue weighted by atomic mass is 9.92. The van der Waals surface area contributed by atoms with Crippen molar-refractivity contribution in [3.63, 3.8) is 0 Å². The average Bonchev–Trinajstić information content (AvgIpc) is 3.06.